The molecule has 0 radical (unpaired) electrons. The van der Waals surface area contributed by atoms with E-state index >= 15 is 0 Å². The van der Waals surface area contributed by atoms with E-state index in [-0.39, 0.29) is 18.1 Å². The summed E-state index contributed by atoms with van der Waals surface area (Å²) in [5, 5.41) is 0.518. The van der Waals surface area contributed by atoms with Gasteiger partial charge in [0.2, 0.25) is 5.91 Å². The first-order valence-corrected chi connectivity index (χ1v) is 9.92. The Kier molecular flexibility index (Phi) is 4.91. The molecule has 2 aliphatic rings. The van der Waals surface area contributed by atoms with Crippen molar-refractivity contribution in [2.24, 2.45) is 0 Å². The van der Waals surface area contributed by atoms with Crippen LogP contribution in [0.4, 0.5) is 10.1 Å². The smallest absolute Gasteiger partial charge is 0.232 e. The van der Waals surface area contributed by atoms with Gasteiger partial charge in [0.25, 0.3) is 0 Å². The number of allylic oxidation sites excluding steroid dienone is 2. The topological polar surface area (TPSA) is 37.4 Å². The standard InChI is InChI=1S/C21H16BrClFNO2/c22-12-7-8-17(24)15(9-12)16-11-20(27)25(14-4-1-3-13(23)10-14)18-5-2-6-19(26)21(16)18/h1,3-4,7-10,16H,2,5-6,11H2. The summed E-state index contributed by atoms with van der Waals surface area (Å²) < 4.78 is 15.3. The number of halogens is 3. The lowest BCUT2D eigenvalue weighted by atomic mass is 9.77. The van der Waals surface area contributed by atoms with E-state index in [1.165, 1.54) is 6.07 Å². The number of hydrogen-bond acceptors (Lipinski definition) is 2. The molecule has 0 spiro atoms. The van der Waals surface area contributed by atoms with Crippen molar-refractivity contribution < 1.29 is 14.0 Å². The van der Waals surface area contributed by atoms with Gasteiger partial charge in [0.15, 0.2) is 5.78 Å². The fourth-order valence-corrected chi connectivity index (χ4v) is 4.52. The van der Waals surface area contributed by atoms with Crippen LogP contribution in [0, 0.1) is 5.82 Å². The van der Waals surface area contributed by atoms with Gasteiger partial charge in [-0.25, -0.2) is 4.39 Å². The number of benzene rings is 2. The van der Waals surface area contributed by atoms with E-state index in [0.29, 0.717) is 51.3 Å². The van der Waals surface area contributed by atoms with Gasteiger partial charge in [-0.2, -0.15) is 0 Å². The Balaban J connectivity index is 1.90. The van der Waals surface area contributed by atoms with Crippen molar-refractivity contribution in [2.45, 2.75) is 31.6 Å². The zero-order valence-corrected chi connectivity index (χ0v) is 16.7. The van der Waals surface area contributed by atoms with Crippen molar-refractivity contribution in [2.75, 3.05) is 4.90 Å². The number of carbonyl (C=O) groups excluding carboxylic acids is 2. The predicted octanol–water partition coefficient (Wildman–Crippen LogP) is 5.77. The number of nitrogens with zero attached hydrogens (tertiary/aromatic N) is 1. The number of Topliss-reactive ketones (excluding diaryl/α,β-unsaturated/α-hetero) is 1. The summed E-state index contributed by atoms with van der Waals surface area (Å²) in [5.74, 6) is -1.14. The number of carbonyl (C=O) groups is 2. The summed E-state index contributed by atoms with van der Waals surface area (Å²) in [6.45, 7) is 0. The van der Waals surface area contributed by atoms with Crippen LogP contribution in [-0.2, 0) is 9.59 Å². The summed E-state index contributed by atoms with van der Waals surface area (Å²) in [7, 11) is 0. The minimum atomic E-state index is -0.562. The van der Waals surface area contributed by atoms with Crippen molar-refractivity contribution in [1.82, 2.24) is 0 Å². The maximum atomic E-state index is 14.5. The predicted molar refractivity (Wildman–Crippen MR) is 106 cm³/mol. The molecule has 1 aliphatic heterocycles. The Morgan fingerprint density at radius 2 is 1.93 bits per heavy atom. The van der Waals surface area contributed by atoms with E-state index in [1.807, 2.05) is 0 Å². The SMILES string of the molecule is O=C1CCCC2=C1C(c1cc(Br)ccc1F)CC(=O)N2c1cccc(Cl)c1. The average Bonchev–Trinajstić information content (AvgIpc) is 2.63. The van der Waals surface area contributed by atoms with Crippen LogP contribution in [0.25, 0.3) is 0 Å². The van der Waals surface area contributed by atoms with Crippen molar-refractivity contribution >= 4 is 44.9 Å². The lowest BCUT2D eigenvalue weighted by Gasteiger charge is -2.38. The third kappa shape index (κ3) is 3.34. The molecule has 1 unspecified atom stereocenters. The Morgan fingerprint density at radius 3 is 2.70 bits per heavy atom. The Hall–Kier alpha value is -1.98. The van der Waals surface area contributed by atoms with E-state index in [0.717, 1.165) is 0 Å². The maximum Gasteiger partial charge on any atom is 0.232 e. The minimum Gasteiger partial charge on any atom is -0.294 e. The summed E-state index contributed by atoms with van der Waals surface area (Å²) in [4.78, 5) is 27.4. The van der Waals surface area contributed by atoms with Crippen LogP contribution >= 0.6 is 27.5 Å². The molecule has 138 valence electrons. The quantitative estimate of drug-likeness (QED) is 0.585. The van der Waals surface area contributed by atoms with Crippen LogP contribution < -0.4 is 4.90 Å². The minimum absolute atomic E-state index is 0.0137. The second kappa shape index (κ2) is 7.21. The molecule has 4 rings (SSSR count). The lowest BCUT2D eigenvalue weighted by Crippen LogP contribution is -2.40. The van der Waals surface area contributed by atoms with Crippen LogP contribution in [0.2, 0.25) is 5.02 Å². The molecule has 0 fully saturated rings. The number of anilines is 1. The van der Waals surface area contributed by atoms with Crippen molar-refractivity contribution in [3.8, 4) is 0 Å². The second-order valence-electron chi connectivity index (χ2n) is 6.77. The van der Waals surface area contributed by atoms with Gasteiger partial charge in [-0.3, -0.25) is 14.5 Å². The highest BCUT2D eigenvalue weighted by Crippen LogP contribution is 2.44. The molecule has 1 atom stereocenters. The number of amides is 1. The highest BCUT2D eigenvalue weighted by atomic mass is 79.9. The number of hydrogen-bond donors (Lipinski definition) is 0. The van der Waals surface area contributed by atoms with Gasteiger partial charge >= 0.3 is 0 Å². The van der Waals surface area contributed by atoms with Crippen molar-refractivity contribution in [3.05, 3.63) is 74.6 Å². The Bertz CT molecular complexity index is 988. The van der Waals surface area contributed by atoms with Gasteiger partial charge in [-0.1, -0.05) is 33.6 Å². The normalized spacial score (nSPS) is 20.1. The molecule has 1 amide bonds. The zero-order chi connectivity index (χ0) is 19.1. The van der Waals surface area contributed by atoms with Gasteiger partial charge in [-0.05, 0) is 54.8 Å². The van der Waals surface area contributed by atoms with E-state index in [1.54, 1.807) is 41.3 Å². The first-order valence-electron chi connectivity index (χ1n) is 8.75. The molecule has 3 nitrogen and oxygen atoms in total. The van der Waals surface area contributed by atoms with Crippen molar-refractivity contribution in [1.29, 1.82) is 0 Å². The van der Waals surface area contributed by atoms with Crippen LogP contribution in [0.15, 0.2) is 58.2 Å². The molecule has 2 aromatic rings. The molecule has 1 aliphatic carbocycles. The van der Waals surface area contributed by atoms with Crippen LogP contribution in [0.5, 0.6) is 0 Å². The van der Waals surface area contributed by atoms with E-state index in [9.17, 15) is 14.0 Å². The molecule has 1 heterocycles. The van der Waals surface area contributed by atoms with Crippen LogP contribution in [0.3, 0.4) is 0 Å². The van der Waals surface area contributed by atoms with E-state index in [4.69, 9.17) is 11.6 Å². The molecule has 0 saturated carbocycles. The molecule has 27 heavy (non-hydrogen) atoms. The van der Waals surface area contributed by atoms with Gasteiger partial charge in [-0.15, -0.1) is 0 Å². The fourth-order valence-electron chi connectivity index (χ4n) is 3.96. The molecule has 0 saturated heterocycles. The van der Waals surface area contributed by atoms with Crippen molar-refractivity contribution in [3.63, 3.8) is 0 Å². The zero-order valence-electron chi connectivity index (χ0n) is 14.3. The Labute approximate surface area is 169 Å². The molecule has 0 aromatic heterocycles. The second-order valence-corrected chi connectivity index (χ2v) is 8.12. The third-order valence-electron chi connectivity index (χ3n) is 5.08. The Morgan fingerprint density at radius 1 is 1.11 bits per heavy atom. The van der Waals surface area contributed by atoms with Crippen LogP contribution in [0.1, 0.15) is 37.2 Å². The van der Waals surface area contributed by atoms with Gasteiger partial charge in [0, 0.05) is 39.5 Å². The monoisotopic (exact) mass is 447 g/mol. The molecular formula is C21H16BrClFNO2. The van der Waals surface area contributed by atoms with Gasteiger partial charge in [0.1, 0.15) is 5.82 Å². The summed E-state index contributed by atoms with van der Waals surface area (Å²) in [5.41, 5.74) is 2.25. The van der Waals surface area contributed by atoms with Gasteiger partial charge in [0.05, 0.1) is 5.69 Å². The molecular weight excluding hydrogens is 433 g/mol. The molecule has 2 aromatic carbocycles. The molecule has 0 N–H and O–H groups in total. The van der Waals surface area contributed by atoms with Crippen LogP contribution in [-0.4, -0.2) is 11.7 Å². The maximum absolute atomic E-state index is 14.5. The summed E-state index contributed by atoms with van der Waals surface area (Å²) in [6.07, 6.45) is 1.74. The highest BCUT2D eigenvalue weighted by Gasteiger charge is 2.40. The molecule has 0 bridgehead atoms. The average molecular weight is 449 g/mol. The number of ketones is 1. The fraction of sp³-hybridized carbons (Fsp3) is 0.238. The first-order chi connectivity index (χ1) is 13.0. The number of rotatable bonds is 2. The highest BCUT2D eigenvalue weighted by molar-refractivity contribution is 9.10. The lowest BCUT2D eigenvalue weighted by molar-refractivity contribution is -0.119. The van der Waals surface area contributed by atoms with Gasteiger partial charge < -0.3 is 0 Å². The van der Waals surface area contributed by atoms with E-state index in [2.05, 4.69) is 15.9 Å². The molecule has 6 heteroatoms. The summed E-state index contributed by atoms with van der Waals surface area (Å²) >= 11 is 9.46. The summed E-state index contributed by atoms with van der Waals surface area (Å²) in [6, 6.07) is 11.7. The first kappa shape index (κ1) is 18.4. The largest absolute Gasteiger partial charge is 0.294 e. The third-order valence-corrected chi connectivity index (χ3v) is 5.80. The van der Waals surface area contributed by atoms with E-state index < -0.39 is 11.7 Å².